The number of nitro groups is 1. The summed E-state index contributed by atoms with van der Waals surface area (Å²) >= 11 is 1.27. The van der Waals surface area contributed by atoms with Gasteiger partial charge in [-0.1, -0.05) is 19.3 Å². The molecule has 130 valence electrons. The van der Waals surface area contributed by atoms with Gasteiger partial charge in [0.1, 0.15) is 5.54 Å². The number of ether oxygens (including phenoxy) is 1. The monoisotopic (exact) mass is 352 g/mol. The lowest BCUT2D eigenvalue weighted by Gasteiger charge is -2.35. The first kappa shape index (κ1) is 18.3. The molecule has 1 saturated carbocycles. The van der Waals surface area contributed by atoms with Crippen LogP contribution >= 0.6 is 11.8 Å². The number of rotatable bonds is 6. The molecule has 7 nitrogen and oxygen atoms in total. The van der Waals surface area contributed by atoms with Crippen molar-refractivity contribution in [2.24, 2.45) is 0 Å². The van der Waals surface area contributed by atoms with E-state index in [0.717, 1.165) is 24.2 Å². The van der Waals surface area contributed by atoms with Gasteiger partial charge in [-0.2, -0.15) is 0 Å². The van der Waals surface area contributed by atoms with Gasteiger partial charge in [-0.05, 0) is 25.0 Å². The smallest absolute Gasteiger partial charge is 0.331 e. The first-order valence-electron chi connectivity index (χ1n) is 7.73. The van der Waals surface area contributed by atoms with Crippen molar-refractivity contribution < 1.29 is 19.2 Å². The molecule has 1 aliphatic rings. The minimum Gasteiger partial charge on any atom is -0.467 e. The van der Waals surface area contributed by atoms with E-state index < -0.39 is 16.4 Å². The van der Waals surface area contributed by atoms with E-state index in [1.807, 2.05) is 0 Å². The molecule has 0 heterocycles. The average molecular weight is 352 g/mol. The van der Waals surface area contributed by atoms with E-state index in [1.54, 1.807) is 12.1 Å². The third-order valence-corrected chi connectivity index (χ3v) is 5.09. The van der Waals surface area contributed by atoms with Crippen molar-refractivity contribution in [3.63, 3.8) is 0 Å². The summed E-state index contributed by atoms with van der Waals surface area (Å²) in [6.45, 7) is 0. The van der Waals surface area contributed by atoms with Crippen LogP contribution < -0.4 is 5.32 Å². The zero-order valence-corrected chi connectivity index (χ0v) is 14.3. The van der Waals surface area contributed by atoms with Gasteiger partial charge >= 0.3 is 5.97 Å². The maximum absolute atomic E-state index is 12.2. The minimum absolute atomic E-state index is 0.00986. The molecular weight excluding hydrogens is 332 g/mol. The summed E-state index contributed by atoms with van der Waals surface area (Å²) < 4.78 is 4.87. The zero-order chi connectivity index (χ0) is 17.6. The summed E-state index contributed by atoms with van der Waals surface area (Å²) in [4.78, 5) is 35.2. The second-order valence-electron chi connectivity index (χ2n) is 5.72. The van der Waals surface area contributed by atoms with E-state index >= 15 is 0 Å². The number of carbonyl (C=O) groups is 2. The van der Waals surface area contributed by atoms with E-state index in [1.165, 1.54) is 31.0 Å². The van der Waals surface area contributed by atoms with Crippen molar-refractivity contribution in [1.29, 1.82) is 0 Å². The van der Waals surface area contributed by atoms with Crippen LogP contribution in [0.3, 0.4) is 0 Å². The van der Waals surface area contributed by atoms with Crippen LogP contribution in [0.4, 0.5) is 5.69 Å². The molecule has 1 amide bonds. The Morgan fingerprint density at radius 1 is 1.25 bits per heavy atom. The van der Waals surface area contributed by atoms with Gasteiger partial charge in [-0.3, -0.25) is 14.9 Å². The van der Waals surface area contributed by atoms with Gasteiger partial charge in [0, 0.05) is 17.0 Å². The molecule has 0 bridgehead atoms. The molecule has 0 atom stereocenters. The Morgan fingerprint density at radius 3 is 2.42 bits per heavy atom. The Hall–Kier alpha value is -2.09. The zero-order valence-electron chi connectivity index (χ0n) is 13.4. The van der Waals surface area contributed by atoms with E-state index in [-0.39, 0.29) is 17.3 Å². The van der Waals surface area contributed by atoms with Gasteiger partial charge < -0.3 is 10.1 Å². The quantitative estimate of drug-likeness (QED) is 0.366. The molecule has 1 aliphatic carbocycles. The number of hydrogen-bond acceptors (Lipinski definition) is 6. The first-order valence-corrected chi connectivity index (χ1v) is 8.72. The van der Waals surface area contributed by atoms with E-state index in [2.05, 4.69) is 5.32 Å². The van der Waals surface area contributed by atoms with Gasteiger partial charge in [0.05, 0.1) is 17.8 Å². The topological polar surface area (TPSA) is 98.5 Å². The van der Waals surface area contributed by atoms with Gasteiger partial charge in [-0.25, -0.2) is 4.79 Å². The highest BCUT2D eigenvalue weighted by molar-refractivity contribution is 8.00. The predicted octanol–water partition coefficient (Wildman–Crippen LogP) is 2.68. The van der Waals surface area contributed by atoms with Gasteiger partial charge in [0.15, 0.2) is 0 Å². The van der Waals surface area contributed by atoms with Crippen LogP contribution in [0, 0.1) is 10.1 Å². The van der Waals surface area contributed by atoms with Crippen LogP contribution in [0.15, 0.2) is 29.2 Å². The summed E-state index contributed by atoms with van der Waals surface area (Å²) in [7, 11) is 1.33. The Labute approximate surface area is 144 Å². The molecule has 2 rings (SSSR count). The maximum Gasteiger partial charge on any atom is 0.331 e. The fraction of sp³-hybridized carbons (Fsp3) is 0.500. The molecule has 0 aliphatic heterocycles. The highest BCUT2D eigenvalue weighted by Gasteiger charge is 2.41. The van der Waals surface area contributed by atoms with Crippen molar-refractivity contribution in [2.75, 3.05) is 12.9 Å². The molecule has 0 aromatic heterocycles. The van der Waals surface area contributed by atoms with Gasteiger partial charge in [0.25, 0.3) is 5.69 Å². The van der Waals surface area contributed by atoms with Gasteiger partial charge in [0.2, 0.25) is 5.91 Å². The highest BCUT2D eigenvalue weighted by atomic mass is 32.2. The number of benzene rings is 1. The van der Waals surface area contributed by atoms with Crippen molar-refractivity contribution in [2.45, 2.75) is 42.5 Å². The largest absolute Gasteiger partial charge is 0.467 e. The molecule has 8 heteroatoms. The summed E-state index contributed by atoms with van der Waals surface area (Å²) in [5.41, 5.74) is -0.907. The third-order valence-electron chi connectivity index (χ3n) is 4.08. The van der Waals surface area contributed by atoms with E-state index in [9.17, 15) is 19.7 Å². The number of nitro benzene ring substituents is 1. The van der Waals surface area contributed by atoms with Crippen LogP contribution in [0.25, 0.3) is 0 Å². The normalized spacial score (nSPS) is 16.2. The summed E-state index contributed by atoms with van der Waals surface area (Å²) in [5.74, 6) is -0.502. The van der Waals surface area contributed by atoms with Crippen molar-refractivity contribution >= 4 is 29.3 Å². The number of nitrogens with one attached hydrogen (secondary N) is 1. The fourth-order valence-electron chi connectivity index (χ4n) is 2.85. The van der Waals surface area contributed by atoms with Crippen LogP contribution in [0.2, 0.25) is 0 Å². The highest BCUT2D eigenvalue weighted by Crippen LogP contribution is 2.30. The number of non-ortho nitro benzene ring substituents is 1. The second kappa shape index (κ2) is 8.14. The van der Waals surface area contributed by atoms with Crippen LogP contribution in [-0.2, 0) is 14.3 Å². The Kier molecular flexibility index (Phi) is 6.19. The van der Waals surface area contributed by atoms with E-state index in [4.69, 9.17) is 4.74 Å². The first-order chi connectivity index (χ1) is 11.5. The van der Waals surface area contributed by atoms with E-state index in [0.29, 0.717) is 12.8 Å². The number of nitrogens with zero attached hydrogens (tertiary/aromatic N) is 1. The second-order valence-corrected chi connectivity index (χ2v) is 6.77. The lowest BCUT2D eigenvalue weighted by Crippen LogP contribution is -2.56. The summed E-state index contributed by atoms with van der Waals surface area (Å²) in [5, 5.41) is 13.5. The fourth-order valence-corrected chi connectivity index (χ4v) is 3.55. The number of hydrogen-bond donors (Lipinski definition) is 1. The molecule has 0 saturated heterocycles. The lowest BCUT2D eigenvalue weighted by molar-refractivity contribution is -0.384. The molecule has 1 fully saturated rings. The third kappa shape index (κ3) is 4.47. The van der Waals surface area contributed by atoms with Crippen molar-refractivity contribution in [3.8, 4) is 0 Å². The Morgan fingerprint density at radius 2 is 1.88 bits per heavy atom. The molecule has 1 N–H and O–H groups in total. The van der Waals surface area contributed by atoms with Crippen molar-refractivity contribution in [1.82, 2.24) is 5.32 Å². The SMILES string of the molecule is COC(=O)C1(NC(=O)CSc2ccc([N+](=O)[O-])cc2)CCCCC1. The number of methoxy groups -OCH3 is 1. The number of thioether (sulfide) groups is 1. The molecule has 24 heavy (non-hydrogen) atoms. The molecule has 1 aromatic carbocycles. The molecular formula is C16H20N2O5S. The Bertz CT molecular complexity index is 611. The molecule has 0 unspecified atom stereocenters. The number of carbonyl (C=O) groups excluding carboxylic acids is 2. The Balaban J connectivity index is 1.93. The van der Waals surface area contributed by atoms with Gasteiger partial charge in [-0.15, -0.1) is 11.8 Å². The minimum atomic E-state index is -0.917. The predicted molar refractivity (Wildman–Crippen MR) is 89.8 cm³/mol. The summed E-state index contributed by atoms with van der Waals surface area (Å²) in [6, 6.07) is 6.01. The van der Waals surface area contributed by atoms with Crippen LogP contribution in [0.5, 0.6) is 0 Å². The standard InChI is InChI=1S/C16H20N2O5S/c1-23-15(20)16(9-3-2-4-10-16)17-14(19)11-24-13-7-5-12(6-8-13)18(21)22/h5-8H,2-4,9-11H2,1H3,(H,17,19). The molecule has 0 radical (unpaired) electrons. The number of esters is 1. The van der Waals surface area contributed by atoms with Crippen molar-refractivity contribution in [3.05, 3.63) is 34.4 Å². The molecule has 0 spiro atoms. The average Bonchev–Trinajstić information content (AvgIpc) is 2.60. The maximum atomic E-state index is 12.2. The molecule has 1 aromatic rings. The summed E-state index contributed by atoms with van der Waals surface area (Å²) in [6.07, 6.45) is 3.99. The lowest BCUT2D eigenvalue weighted by atomic mass is 9.81. The number of amides is 1. The van der Waals surface area contributed by atoms with Crippen LogP contribution in [-0.4, -0.2) is 35.2 Å². The van der Waals surface area contributed by atoms with Crippen LogP contribution in [0.1, 0.15) is 32.1 Å².